The first-order valence-electron chi connectivity index (χ1n) is 6.09. The molecule has 0 aliphatic heterocycles. The molecule has 1 fully saturated rings. The zero-order valence-electron chi connectivity index (χ0n) is 10.1. The number of rotatable bonds is 6. The summed E-state index contributed by atoms with van der Waals surface area (Å²) in [6, 6.07) is 5.91. The molecule has 1 aliphatic carbocycles. The summed E-state index contributed by atoms with van der Waals surface area (Å²) in [5.41, 5.74) is 2.20. The molecule has 0 aromatic heterocycles. The van der Waals surface area contributed by atoms with Crippen LogP contribution >= 0.6 is 0 Å². The number of carboxylic acids is 1. The second-order valence-corrected chi connectivity index (χ2v) is 4.74. The second kappa shape index (κ2) is 5.21. The minimum atomic E-state index is -0.751. The molecule has 1 aromatic rings. The predicted octanol–water partition coefficient (Wildman–Crippen LogP) is 2.80. The molecule has 2 rings (SSSR count). The summed E-state index contributed by atoms with van der Waals surface area (Å²) >= 11 is 0. The van der Waals surface area contributed by atoms with Gasteiger partial charge in [0.25, 0.3) is 0 Å². The first-order chi connectivity index (χ1) is 8.15. The van der Waals surface area contributed by atoms with Crippen molar-refractivity contribution in [3.05, 3.63) is 29.3 Å². The van der Waals surface area contributed by atoms with Crippen molar-refractivity contribution in [1.82, 2.24) is 0 Å². The van der Waals surface area contributed by atoms with Crippen molar-refractivity contribution in [3.8, 4) is 5.75 Å². The fraction of sp³-hybridized carbons (Fsp3) is 0.500. The van der Waals surface area contributed by atoms with Crippen LogP contribution in [0.15, 0.2) is 18.2 Å². The molecule has 0 spiro atoms. The van der Waals surface area contributed by atoms with Crippen LogP contribution in [0.1, 0.15) is 30.4 Å². The van der Waals surface area contributed by atoms with Crippen molar-refractivity contribution in [2.45, 2.75) is 32.6 Å². The molecule has 0 bridgehead atoms. The highest BCUT2D eigenvalue weighted by Crippen LogP contribution is 2.30. The highest BCUT2D eigenvalue weighted by Gasteiger charge is 2.21. The molecule has 0 unspecified atom stereocenters. The monoisotopic (exact) mass is 234 g/mol. The van der Waals surface area contributed by atoms with Gasteiger partial charge < -0.3 is 9.84 Å². The van der Waals surface area contributed by atoms with Gasteiger partial charge in [-0.3, -0.25) is 4.79 Å². The molecule has 17 heavy (non-hydrogen) atoms. The van der Waals surface area contributed by atoms with Crippen LogP contribution in [0.4, 0.5) is 0 Å². The Kier molecular flexibility index (Phi) is 3.67. The van der Waals surface area contributed by atoms with Crippen molar-refractivity contribution >= 4 is 5.97 Å². The lowest BCUT2D eigenvalue weighted by Gasteiger charge is -2.09. The molecule has 92 valence electrons. The molecule has 1 aliphatic rings. The van der Waals surface area contributed by atoms with E-state index < -0.39 is 5.97 Å². The zero-order valence-corrected chi connectivity index (χ0v) is 10.1. The maximum atomic E-state index is 10.5. The summed E-state index contributed by atoms with van der Waals surface area (Å²) in [5, 5.41) is 8.65. The molecule has 0 atom stereocenters. The van der Waals surface area contributed by atoms with Crippen molar-refractivity contribution in [3.63, 3.8) is 0 Å². The van der Waals surface area contributed by atoms with Gasteiger partial charge in [0.15, 0.2) is 0 Å². The van der Waals surface area contributed by atoms with E-state index in [9.17, 15) is 4.79 Å². The molecule has 3 heteroatoms. The van der Waals surface area contributed by atoms with Gasteiger partial charge in [0.1, 0.15) is 5.75 Å². The largest absolute Gasteiger partial charge is 0.493 e. The molecule has 1 N–H and O–H groups in total. The third-order valence-electron chi connectivity index (χ3n) is 3.10. The number of aliphatic carboxylic acids is 1. The fourth-order valence-electron chi connectivity index (χ4n) is 1.78. The quantitative estimate of drug-likeness (QED) is 0.823. The van der Waals surface area contributed by atoms with E-state index >= 15 is 0 Å². The lowest BCUT2D eigenvalue weighted by molar-refractivity contribution is -0.136. The topological polar surface area (TPSA) is 46.5 Å². The minimum absolute atomic E-state index is 0.184. The summed E-state index contributed by atoms with van der Waals surface area (Å²) in [6.45, 7) is 2.81. The van der Waals surface area contributed by atoms with Crippen LogP contribution in [0, 0.1) is 12.8 Å². The average Bonchev–Trinajstić information content (AvgIpc) is 3.08. The molecular weight excluding hydrogens is 216 g/mol. The number of aryl methyl sites for hydroxylation is 2. The number of hydrogen-bond acceptors (Lipinski definition) is 2. The molecule has 0 amide bonds. The maximum absolute atomic E-state index is 10.5. The molecule has 0 saturated heterocycles. The van der Waals surface area contributed by atoms with Gasteiger partial charge in [-0.2, -0.15) is 0 Å². The Balaban J connectivity index is 1.92. The predicted molar refractivity (Wildman–Crippen MR) is 65.4 cm³/mol. The summed E-state index contributed by atoms with van der Waals surface area (Å²) < 4.78 is 5.68. The minimum Gasteiger partial charge on any atom is -0.493 e. The lowest BCUT2D eigenvalue weighted by atomic mass is 10.0. The molecule has 0 radical (unpaired) electrons. The van der Waals surface area contributed by atoms with E-state index in [2.05, 4.69) is 0 Å². The number of ether oxygens (including phenoxy) is 1. The Hall–Kier alpha value is -1.51. The molecule has 3 nitrogen and oxygen atoms in total. The van der Waals surface area contributed by atoms with E-state index in [1.807, 2.05) is 25.1 Å². The number of hydrogen-bond donors (Lipinski definition) is 1. The van der Waals surface area contributed by atoms with Crippen molar-refractivity contribution < 1.29 is 14.6 Å². The number of carboxylic acid groups (broad SMARTS) is 1. The Bertz CT molecular complexity index is 408. The van der Waals surface area contributed by atoms with Gasteiger partial charge in [-0.15, -0.1) is 0 Å². The number of benzene rings is 1. The van der Waals surface area contributed by atoms with Crippen LogP contribution in [0.25, 0.3) is 0 Å². The van der Waals surface area contributed by atoms with E-state index in [-0.39, 0.29) is 6.42 Å². The summed E-state index contributed by atoms with van der Waals surface area (Å²) in [7, 11) is 0. The van der Waals surface area contributed by atoms with E-state index in [0.29, 0.717) is 6.42 Å². The van der Waals surface area contributed by atoms with Crippen LogP contribution in [0.3, 0.4) is 0 Å². The average molecular weight is 234 g/mol. The number of carbonyl (C=O) groups is 1. The van der Waals surface area contributed by atoms with Crippen LogP contribution < -0.4 is 4.74 Å². The van der Waals surface area contributed by atoms with E-state index in [1.165, 1.54) is 12.8 Å². The van der Waals surface area contributed by atoms with Gasteiger partial charge in [0, 0.05) is 6.42 Å². The van der Waals surface area contributed by atoms with E-state index in [4.69, 9.17) is 9.84 Å². The Morgan fingerprint density at radius 1 is 1.47 bits per heavy atom. The molecule has 0 heterocycles. The van der Waals surface area contributed by atoms with Gasteiger partial charge in [0.05, 0.1) is 6.61 Å². The van der Waals surface area contributed by atoms with Crippen molar-refractivity contribution in [2.24, 2.45) is 5.92 Å². The third kappa shape index (κ3) is 3.77. The second-order valence-electron chi connectivity index (χ2n) is 4.74. The normalized spacial score (nSPS) is 14.6. The molecule has 1 saturated carbocycles. The van der Waals surface area contributed by atoms with Gasteiger partial charge in [0.2, 0.25) is 0 Å². The van der Waals surface area contributed by atoms with Gasteiger partial charge in [-0.05, 0) is 55.4 Å². The molecular formula is C14H18O3. The van der Waals surface area contributed by atoms with Gasteiger partial charge in [-0.25, -0.2) is 0 Å². The highest BCUT2D eigenvalue weighted by molar-refractivity contribution is 5.67. The van der Waals surface area contributed by atoms with Crippen LogP contribution in [-0.2, 0) is 11.2 Å². The Morgan fingerprint density at radius 2 is 2.24 bits per heavy atom. The SMILES string of the molecule is Cc1cc(OCC2CC2)ccc1CCC(=O)O. The van der Waals surface area contributed by atoms with Crippen molar-refractivity contribution in [2.75, 3.05) is 6.61 Å². The summed E-state index contributed by atoms with van der Waals surface area (Å²) in [4.78, 5) is 10.5. The van der Waals surface area contributed by atoms with Crippen LogP contribution in [0.5, 0.6) is 5.75 Å². The maximum Gasteiger partial charge on any atom is 0.303 e. The summed E-state index contributed by atoms with van der Waals surface area (Å²) in [6.07, 6.45) is 3.35. The standard InChI is InChI=1S/C14H18O3/c1-10-8-13(17-9-11-2-3-11)6-4-12(10)5-7-14(15)16/h4,6,8,11H,2-3,5,7,9H2,1H3,(H,15,16). The van der Waals surface area contributed by atoms with Crippen molar-refractivity contribution in [1.29, 1.82) is 0 Å². The van der Waals surface area contributed by atoms with Gasteiger partial charge >= 0.3 is 5.97 Å². The molecule has 1 aromatic carbocycles. The third-order valence-corrected chi connectivity index (χ3v) is 3.10. The Labute approximate surface area is 101 Å². The van der Waals surface area contributed by atoms with Gasteiger partial charge in [-0.1, -0.05) is 6.07 Å². The van der Waals surface area contributed by atoms with Crippen LogP contribution in [0.2, 0.25) is 0 Å². The van der Waals surface area contributed by atoms with E-state index in [1.54, 1.807) is 0 Å². The Morgan fingerprint density at radius 3 is 2.82 bits per heavy atom. The summed E-state index contributed by atoms with van der Waals surface area (Å²) in [5.74, 6) is 0.897. The first-order valence-corrected chi connectivity index (χ1v) is 6.09. The lowest BCUT2D eigenvalue weighted by Crippen LogP contribution is -2.01. The first kappa shape index (κ1) is 12.0. The smallest absolute Gasteiger partial charge is 0.303 e. The highest BCUT2D eigenvalue weighted by atomic mass is 16.5. The van der Waals surface area contributed by atoms with E-state index in [0.717, 1.165) is 29.4 Å². The zero-order chi connectivity index (χ0) is 12.3. The van der Waals surface area contributed by atoms with Crippen LogP contribution in [-0.4, -0.2) is 17.7 Å². The fourth-order valence-corrected chi connectivity index (χ4v) is 1.78.